The zero-order valence-electron chi connectivity index (χ0n) is 15.1. The molecule has 1 aliphatic heterocycles. The maximum Gasteiger partial charge on any atom is 0.149 e. The third kappa shape index (κ3) is 3.77. The van der Waals surface area contributed by atoms with Crippen molar-refractivity contribution in [3.05, 3.63) is 89.0 Å². The first-order chi connectivity index (χ1) is 13.2. The summed E-state index contributed by atoms with van der Waals surface area (Å²) in [5.41, 5.74) is 6.26. The van der Waals surface area contributed by atoms with Crippen LogP contribution < -0.4 is 9.47 Å². The fourth-order valence-corrected chi connectivity index (χ4v) is 3.18. The Morgan fingerprint density at radius 1 is 1.04 bits per heavy atom. The van der Waals surface area contributed by atoms with E-state index >= 15 is 0 Å². The molecular formula is C24H20O3. The fourth-order valence-electron chi connectivity index (χ4n) is 3.18. The third-order valence-corrected chi connectivity index (χ3v) is 4.62. The van der Waals surface area contributed by atoms with Crippen molar-refractivity contribution in [2.45, 2.75) is 13.5 Å². The third-order valence-electron chi connectivity index (χ3n) is 4.62. The van der Waals surface area contributed by atoms with E-state index in [-0.39, 0.29) is 0 Å². The molecule has 1 heterocycles. The molecule has 0 bridgehead atoms. The van der Waals surface area contributed by atoms with E-state index in [4.69, 9.17) is 9.47 Å². The van der Waals surface area contributed by atoms with Gasteiger partial charge in [0, 0.05) is 17.2 Å². The topological polar surface area (TPSA) is 35.5 Å². The normalized spacial score (nSPS) is 12.6. The Bertz CT molecular complexity index is 1000. The van der Waals surface area contributed by atoms with Gasteiger partial charge in [-0.25, -0.2) is 0 Å². The molecular weight excluding hydrogens is 336 g/mol. The lowest BCUT2D eigenvalue weighted by Crippen LogP contribution is -2.08. The van der Waals surface area contributed by atoms with E-state index in [0.29, 0.717) is 18.8 Å². The summed E-state index contributed by atoms with van der Waals surface area (Å²) in [5.74, 6) is 1.49. The smallest absolute Gasteiger partial charge is 0.149 e. The summed E-state index contributed by atoms with van der Waals surface area (Å²) in [7, 11) is 0. The van der Waals surface area contributed by atoms with Crippen LogP contribution in [-0.4, -0.2) is 12.9 Å². The van der Waals surface area contributed by atoms with Crippen LogP contribution in [-0.2, 0) is 11.4 Å². The van der Waals surface area contributed by atoms with Crippen LogP contribution in [0.15, 0.2) is 72.3 Å². The van der Waals surface area contributed by atoms with Crippen LogP contribution in [0.5, 0.6) is 11.5 Å². The maximum atomic E-state index is 10.9. The van der Waals surface area contributed by atoms with Gasteiger partial charge in [-0.1, -0.05) is 54.1 Å². The quantitative estimate of drug-likeness (QED) is 0.588. The molecule has 4 rings (SSSR count). The lowest BCUT2D eigenvalue weighted by molar-refractivity contribution is -0.105. The van der Waals surface area contributed by atoms with E-state index in [1.54, 1.807) is 0 Å². The zero-order valence-corrected chi connectivity index (χ0v) is 15.1. The molecule has 0 N–H and O–H groups in total. The minimum Gasteiger partial charge on any atom is -0.489 e. The van der Waals surface area contributed by atoms with E-state index in [1.165, 1.54) is 16.7 Å². The van der Waals surface area contributed by atoms with E-state index in [9.17, 15) is 4.79 Å². The summed E-state index contributed by atoms with van der Waals surface area (Å²) in [6, 6.07) is 22.5. The lowest BCUT2D eigenvalue weighted by Gasteiger charge is -2.17. The molecule has 0 radical (unpaired) electrons. The van der Waals surface area contributed by atoms with Crippen LogP contribution in [0.2, 0.25) is 0 Å². The van der Waals surface area contributed by atoms with Gasteiger partial charge in [-0.05, 0) is 41.8 Å². The Morgan fingerprint density at radius 2 is 1.89 bits per heavy atom. The fraction of sp³-hybridized carbons (Fsp3) is 0.125. The van der Waals surface area contributed by atoms with Gasteiger partial charge in [-0.2, -0.15) is 0 Å². The molecule has 0 spiro atoms. The van der Waals surface area contributed by atoms with Crippen molar-refractivity contribution in [3.63, 3.8) is 0 Å². The van der Waals surface area contributed by atoms with Gasteiger partial charge >= 0.3 is 0 Å². The number of carbonyl (C=O) groups is 1. The van der Waals surface area contributed by atoms with Gasteiger partial charge in [0.2, 0.25) is 0 Å². The average molecular weight is 356 g/mol. The lowest BCUT2D eigenvalue weighted by atomic mass is 9.98. The Balaban J connectivity index is 1.56. The van der Waals surface area contributed by atoms with E-state index < -0.39 is 0 Å². The number of hydrogen-bond acceptors (Lipinski definition) is 3. The first kappa shape index (κ1) is 17.1. The Labute approximate surface area is 158 Å². The summed E-state index contributed by atoms with van der Waals surface area (Å²) < 4.78 is 11.7. The number of carbonyl (C=O) groups excluding carboxylic acids is 1. The number of aryl methyl sites for hydroxylation is 1. The molecule has 0 saturated heterocycles. The second kappa shape index (κ2) is 7.50. The van der Waals surface area contributed by atoms with Gasteiger partial charge < -0.3 is 9.47 Å². The zero-order chi connectivity index (χ0) is 18.6. The largest absolute Gasteiger partial charge is 0.489 e. The first-order valence-electron chi connectivity index (χ1n) is 8.93. The highest BCUT2D eigenvalue weighted by Crippen LogP contribution is 2.31. The number of fused-ring (bicyclic) bond motifs is 1. The Morgan fingerprint density at radius 3 is 2.70 bits per heavy atom. The van der Waals surface area contributed by atoms with Gasteiger partial charge in [-0.15, -0.1) is 0 Å². The van der Waals surface area contributed by atoms with Crippen molar-refractivity contribution < 1.29 is 14.3 Å². The molecule has 0 aliphatic carbocycles. The van der Waals surface area contributed by atoms with Gasteiger partial charge in [0.1, 0.15) is 31.0 Å². The predicted molar refractivity (Wildman–Crippen MR) is 107 cm³/mol. The van der Waals surface area contributed by atoms with E-state index in [1.807, 2.05) is 42.5 Å². The van der Waals surface area contributed by atoms with E-state index in [2.05, 4.69) is 37.3 Å². The summed E-state index contributed by atoms with van der Waals surface area (Å²) in [6.07, 6.45) is 2.68. The van der Waals surface area contributed by atoms with Crippen molar-refractivity contribution in [1.29, 1.82) is 0 Å². The molecule has 1 aliphatic rings. The van der Waals surface area contributed by atoms with Crippen molar-refractivity contribution in [2.75, 3.05) is 6.61 Å². The van der Waals surface area contributed by atoms with Crippen LogP contribution in [0.3, 0.4) is 0 Å². The van der Waals surface area contributed by atoms with Gasteiger partial charge in [0.15, 0.2) is 0 Å². The summed E-state index contributed by atoms with van der Waals surface area (Å²) in [5, 5.41) is 0. The highest BCUT2D eigenvalue weighted by Gasteiger charge is 2.12. The minimum absolute atomic E-state index is 0.302. The molecule has 0 aromatic heterocycles. The van der Waals surface area contributed by atoms with Crippen molar-refractivity contribution in [1.82, 2.24) is 0 Å². The van der Waals surface area contributed by atoms with Gasteiger partial charge in [0.25, 0.3) is 0 Å². The molecule has 134 valence electrons. The first-order valence-corrected chi connectivity index (χ1v) is 8.93. The number of hydrogen-bond donors (Lipinski definition) is 0. The Kier molecular flexibility index (Phi) is 4.75. The highest BCUT2D eigenvalue weighted by atomic mass is 16.5. The van der Waals surface area contributed by atoms with Crippen molar-refractivity contribution in [2.24, 2.45) is 0 Å². The standard InChI is InChI=1S/C24H20O3/c1-17-7-8-21(23(11-17)19-5-3-2-4-6-19)16-26-22-10-9-20-12-18(14-25)15-27-24(20)13-22/h2-14H,15-16H2,1H3. The molecule has 3 heteroatoms. The van der Waals surface area contributed by atoms with Crippen LogP contribution in [0.1, 0.15) is 16.7 Å². The van der Waals surface area contributed by atoms with Gasteiger partial charge in [-0.3, -0.25) is 4.79 Å². The van der Waals surface area contributed by atoms with Crippen LogP contribution in [0.25, 0.3) is 17.2 Å². The SMILES string of the molecule is Cc1ccc(COc2ccc3c(c2)OCC(C=O)=C3)c(-c2ccccc2)c1. The monoisotopic (exact) mass is 356 g/mol. The molecule has 0 unspecified atom stereocenters. The van der Waals surface area contributed by atoms with Crippen LogP contribution in [0, 0.1) is 6.92 Å². The molecule has 0 atom stereocenters. The minimum atomic E-state index is 0.302. The molecule has 3 aromatic rings. The number of aldehydes is 1. The molecule has 0 saturated carbocycles. The summed E-state index contributed by atoms with van der Waals surface area (Å²) >= 11 is 0. The molecule has 3 aromatic carbocycles. The van der Waals surface area contributed by atoms with Crippen molar-refractivity contribution in [3.8, 4) is 22.6 Å². The molecule has 0 amide bonds. The number of ether oxygens (including phenoxy) is 2. The number of benzene rings is 3. The summed E-state index contributed by atoms with van der Waals surface area (Å²) in [6.45, 7) is 2.87. The number of rotatable bonds is 5. The van der Waals surface area contributed by atoms with E-state index in [0.717, 1.165) is 28.9 Å². The van der Waals surface area contributed by atoms with Crippen LogP contribution in [0.4, 0.5) is 0 Å². The average Bonchev–Trinajstić information content (AvgIpc) is 2.73. The predicted octanol–water partition coefficient (Wildman–Crippen LogP) is 5.22. The molecule has 27 heavy (non-hydrogen) atoms. The summed E-state index contributed by atoms with van der Waals surface area (Å²) in [4.78, 5) is 10.9. The molecule has 0 fully saturated rings. The second-order valence-corrected chi connectivity index (χ2v) is 6.64. The Hall–Kier alpha value is -3.33. The van der Waals surface area contributed by atoms with Gasteiger partial charge in [0.05, 0.1) is 0 Å². The molecule has 3 nitrogen and oxygen atoms in total. The highest BCUT2D eigenvalue weighted by molar-refractivity contribution is 5.84. The maximum absolute atomic E-state index is 10.9. The second-order valence-electron chi connectivity index (χ2n) is 6.64. The van der Waals surface area contributed by atoms with Crippen LogP contribution >= 0.6 is 0 Å². The van der Waals surface area contributed by atoms with Crippen molar-refractivity contribution >= 4 is 12.4 Å².